The minimum atomic E-state index is -0.0817. The number of aliphatic hydroxyl groups excluding tert-OH is 1. The van der Waals surface area contributed by atoms with E-state index in [0.29, 0.717) is 6.42 Å². The molecule has 18 heavy (non-hydrogen) atoms. The molecule has 3 heteroatoms. The lowest BCUT2D eigenvalue weighted by molar-refractivity contribution is -0.117. The molecule has 0 aliphatic rings. The first-order chi connectivity index (χ1) is 8.63. The lowest BCUT2D eigenvalue weighted by atomic mass is 10.1. The topological polar surface area (TPSA) is 49.3 Å². The molecule has 3 nitrogen and oxygen atoms in total. The quantitative estimate of drug-likeness (QED) is 0.758. The average molecular weight is 247 g/mol. The van der Waals surface area contributed by atoms with Gasteiger partial charge in [-0.1, -0.05) is 30.3 Å². The molecule has 0 aliphatic heterocycles. The molecule has 1 rings (SSSR count). The monoisotopic (exact) mass is 247 g/mol. The summed E-state index contributed by atoms with van der Waals surface area (Å²) in [6, 6.07) is 9.91. The summed E-state index contributed by atoms with van der Waals surface area (Å²) in [5.74, 6) is -0.0817. The molecule has 0 radical (unpaired) electrons. The first kappa shape index (κ1) is 14.5. The van der Waals surface area contributed by atoms with Crippen molar-refractivity contribution >= 4 is 11.5 Å². The third kappa shape index (κ3) is 5.15. The maximum atomic E-state index is 11.8. The Hall–Kier alpha value is -1.61. The number of amides is 1. The lowest BCUT2D eigenvalue weighted by Gasteiger charge is -2.11. The van der Waals surface area contributed by atoms with E-state index in [4.69, 9.17) is 5.11 Å². The molecule has 2 N–H and O–H groups in total. The second kappa shape index (κ2) is 7.67. The second-order valence-corrected chi connectivity index (χ2v) is 4.47. The Balaban J connectivity index is 2.53. The van der Waals surface area contributed by atoms with Gasteiger partial charge in [0.05, 0.1) is 0 Å². The molecule has 98 valence electrons. The molecule has 1 atom stereocenters. The third-order valence-corrected chi connectivity index (χ3v) is 2.76. The van der Waals surface area contributed by atoms with Crippen LogP contribution in [-0.4, -0.2) is 23.7 Å². The highest BCUT2D eigenvalue weighted by molar-refractivity contribution is 5.94. The lowest BCUT2D eigenvalue weighted by Crippen LogP contribution is -2.31. The maximum absolute atomic E-state index is 11.8. The average Bonchev–Trinajstić information content (AvgIpc) is 2.37. The third-order valence-electron chi connectivity index (χ3n) is 2.76. The van der Waals surface area contributed by atoms with Crippen LogP contribution in [0.3, 0.4) is 0 Å². The summed E-state index contributed by atoms with van der Waals surface area (Å²) >= 11 is 0. The van der Waals surface area contributed by atoms with Gasteiger partial charge in [0.15, 0.2) is 0 Å². The van der Waals surface area contributed by atoms with Gasteiger partial charge < -0.3 is 10.4 Å². The number of carbonyl (C=O) groups is 1. The smallest absolute Gasteiger partial charge is 0.244 e. The summed E-state index contributed by atoms with van der Waals surface area (Å²) in [7, 11) is 0. The molecule has 0 fully saturated rings. The molecule has 0 saturated carbocycles. The Morgan fingerprint density at radius 1 is 1.39 bits per heavy atom. The van der Waals surface area contributed by atoms with Crippen LogP contribution < -0.4 is 5.32 Å². The first-order valence-electron chi connectivity index (χ1n) is 6.28. The fourth-order valence-corrected chi connectivity index (χ4v) is 1.74. The summed E-state index contributed by atoms with van der Waals surface area (Å²) in [5, 5.41) is 11.6. The normalized spacial score (nSPS) is 13.2. The van der Waals surface area contributed by atoms with Gasteiger partial charge in [-0.15, -0.1) is 0 Å². The highest BCUT2D eigenvalue weighted by Crippen LogP contribution is 2.12. The van der Waals surface area contributed by atoms with E-state index in [1.165, 1.54) is 0 Å². The number of hydrogen-bond donors (Lipinski definition) is 2. The minimum Gasteiger partial charge on any atom is -0.396 e. The molecular weight excluding hydrogens is 226 g/mol. The summed E-state index contributed by atoms with van der Waals surface area (Å²) in [4.78, 5) is 11.8. The van der Waals surface area contributed by atoms with Crippen LogP contribution >= 0.6 is 0 Å². The van der Waals surface area contributed by atoms with E-state index in [0.717, 1.165) is 17.6 Å². The van der Waals surface area contributed by atoms with E-state index in [9.17, 15) is 4.79 Å². The second-order valence-electron chi connectivity index (χ2n) is 4.47. The zero-order valence-corrected chi connectivity index (χ0v) is 11.0. The Kier molecular flexibility index (Phi) is 6.15. The van der Waals surface area contributed by atoms with Gasteiger partial charge in [0, 0.05) is 18.7 Å². The van der Waals surface area contributed by atoms with Crippen molar-refractivity contribution in [2.45, 2.75) is 32.7 Å². The Bertz CT molecular complexity index is 398. The van der Waals surface area contributed by atoms with Crippen molar-refractivity contribution in [2.24, 2.45) is 0 Å². The number of benzene rings is 1. The van der Waals surface area contributed by atoms with Crippen molar-refractivity contribution in [2.75, 3.05) is 6.61 Å². The van der Waals surface area contributed by atoms with E-state index in [-0.39, 0.29) is 18.6 Å². The van der Waals surface area contributed by atoms with Crippen LogP contribution in [0.2, 0.25) is 0 Å². The van der Waals surface area contributed by atoms with E-state index >= 15 is 0 Å². The van der Waals surface area contributed by atoms with E-state index in [1.807, 2.05) is 44.2 Å². The minimum absolute atomic E-state index is 0.0817. The summed E-state index contributed by atoms with van der Waals surface area (Å²) in [5.41, 5.74) is 2.00. The molecular formula is C15H21NO2. The summed E-state index contributed by atoms with van der Waals surface area (Å²) < 4.78 is 0. The highest BCUT2D eigenvalue weighted by Gasteiger charge is 2.05. The molecule has 0 heterocycles. The van der Waals surface area contributed by atoms with Crippen molar-refractivity contribution in [3.63, 3.8) is 0 Å². The van der Waals surface area contributed by atoms with Crippen LogP contribution in [0.4, 0.5) is 0 Å². The maximum Gasteiger partial charge on any atom is 0.244 e. The van der Waals surface area contributed by atoms with Gasteiger partial charge in [0.2, 0.25) is 5.91 Å². The van der Waals surface area contributed by atoms with Crippen LogP contribution in [0.1, 0.15) is 32.3 Å². The molecule has 1 aromatic carbocycles. The zero-order valence-electron chi connectivity index (χ0n) is 11.0. The zero-order chi connectivity index (χ0) is 13.4. The molecule has 0 saturated heterocycles. The van der Waals surface area contributed by atoms with Gasteiger partial charge in [-0.2, -0.15) is 0 Å². The fraction of sp³-hybridized carbons (Fsp3) is 0.400. The SMILES string of the molecule is C/C(=C/C(=O)NC(C)CCCO)c1ccccc1. The van der Waals surface area contributed by atoms with E-state index in [1.54, 1.807) is 6.08 Å². The van der Waals surface area contributed by atoms with Gasteiger partial charge in [-0.25, -0.2) is 0 Å². The van der Waals surface area contributed by atoms with Crippen molar-refractivity contribution < 1.29 is 9.90 Å². The van der Waals surface area contributed by atoms with Gasteiger partial charge in [-0.3, -0.25) is 4.79 Å². The van der Waals surface area contributed by atoms with Crippen molar-refractivity contribution in [1.29, 1.82) is 0 Å². The van der Waals surface area contributed by atoms with Crippen LogP contribution in [0.5, 0.6) is 0 Å². The van der Waals surface area contributed by atoms with Crippen LogP contribution in [0.25, 0.3) is 5.57 Å². The standard InChI is InChI=1S/C15H21NO2/c1-12(14-8-4-3-5-9-14)11-15(18)16-13(2)7-6-10-17/h3-5,8-9,11,13,17H,6-7,10H2,1-2H3,(H,16,18)/b12-11-. The van der Waals surface area contributed by atoms with Crippen molar-refractivity contribution in [1.82, 2.24) is 5.32 Å². The number of allylic oxidation sites excluding steroid dienone is 1. The number of carbonyl (C=O) groups excluding carboxylic acids is 1. The van der Waals surface area contributed by atoms with Crippen LogP contribution in [0, 0.1) is 0 Å². The van der Waals surface area contributed by atoms with Crippen molar-refractivity contribution in [3.05, 3.63) is 42.0 Å². The van der Waals surface area contributed by atoms with Crippen LogP contribution in [0.15, 0.2) is 36.4 Å². The van der Waals surface area contributed by atoms with Gasteiger partial charge in [0.25, 0.3) is 0 Å². The van der Waals surface area contributed by atoms with Crippen LogP contribution in [-0.2, 0) is 4.79 Å². The molecule has 0 aromatic heterocycles. The number of rotatable bonds is 6. The predicted molar refractivity (Wildman–Crippen MR) is 74.0 cm³/mol. The fourth-order valence-electron chi connectivity index (χ4n) is 1.74. The number of hydrogen-bond acceptors (Lipinski definition) is 2. The van der Waals surface area contributed by atoms with Gasteiger partial charge >= 0.3 is 0 Å². The van der Waals surface area contributed by atoms with Gasteiger partial charge in [0.1, 0.15) is 0 Å². The highest BCUT2D eigenvalue weighted by atomic mass is 16.2. The molecule has 1 aromatic rings. The summed E-state index contributed by atoms with van der Waals surface area (Å²) in [6.07, 6.45) is 3.12. The van der Waals surface area contributed by atoms with Gasteiger partial charge in [-0.05, 0) is 37.8 Å². The van der Waals surface area contributed by atoms with E-state index in [2.05, 4.69) is 5.32 Å². The van der Waals surface area contributed by atoms with Crippen molar-refractivity contribution in [3.8, 4) is 0 Å². The molecule has 0 bridgehead atoms. The molecule has 0 aliphatic carbocycles. The number of aliphatic hydroxyl groups is 1. The Morgan fingerprint density at radius 3 is 2.67 bits per heavy atom. The first-order valence-corrected chi connectivity index (χ1v) is 6.28. The number of nitrogens with one attached hydrogen (secondary N) is 1. The Labute approximate surface area is 109 Å². The summed E-state index contributed by atoms with van der Waals surface area (Å²) in [6.45, 7) is 4.03. The molecule has 1 unspecified atom stereocenters. The van der Waals surface area contributed by atoms with E-state index < -0.39 is 0 Å². The largest absolute Gasteiger partial charge is 0.396 e. The Morgan fingerprint density at radius 2 is 2.06 bits per heavy atom. The molecule has 0 spiro atoms. The predicted octanol–water partition coefficient (Wildman–Crippen LogP) is 2.37. The molecule has 1 amide bonds.